The van der Waals surface area contributed by atoms with Crippen LogP contribution >= 0.6 is 0 Å². The van der Waals surface area contributed by atoms with Gasteiger partial charge in [0.25, 0.3) is 0 Å². The fourth-order valence-electron chi connectivity index (χ4n) is 2.60. The Balaban J connectivity index is 1.68. The Kier molecular flexibility index (Phi) is 4.36. The molecule has 2 heterocycles. The lowest BCUT2D eigenvalue weighted by Gasteiger charge is -2.36. The van der Waals surface area contributed by atoms with Crippen LogP contribution in [0, 0.1) is 5.82 Å². The van der Waals surface area contributed by atoms with Crippen molar-refractivity contribution in [2.24, 2.45) is 0 Å². The zero-order valence-corrected chi connectivity index (χ0v) is 12.8. The SMILES string of the molecule is COC(=O)c1ccc(N2CCN(c3ncccn3)CC2)cc1F. The van der Waals surface area contributed by atoms with Crippen LogP contribution in [0.2, 0.25) is 0 Å². The van der Waals surface area contributed by atoms with Crippen molar-refractivity contribution in [2.45, 2.75) is 0 Å². The molecule has 23 heavy (non-hydrogen) atoms. The monoisotopic (exact) mass is 316 g/mol. The molecule has 120 valence electrons. The predicted molar refractivity (Wildman–Crippen MR) is 84.2 cm³/mol. The van der Waals surface area contributed by atoms with E-state index in [2.05, 4.69) is 24.5 Å². The molecule has 0 bridgehead atoms. The van der Waals surface area contributed by atoms with Gasteiger partial charge in [-0.2, -0.15) is 0 Å². The summed E-state index contributed by atoms with van der Waals surface area (Å²) in [4.78, 5) is 24.1. The molecule has 0 radical (unpaired) electrons. The largest absolute Gasteiger partial charge is 0.465 e. The van der Waals surface area contributed by atoms with E-state index in [-0.39, 0.29) is 5.56 Å². The fourth-order valence-corrected chi connectivity index (χ4v) is 2.60. The predicted octanol–water partition coefficient (Wildman–Crippen LogP) is 1.73. The Morgan fingerprint density at radius 1 is 1.13 bits per heavy atom. The smallest absolute Gasteiger partial charge is 0.340 e. The minimum absolute atomic E-state index is 0.0485. The lowest BCUT2D eigenvalue weighted by atomic mass is 10.1. The minimum atomic E-state index is -0.667. The van der Waals surface area contributed by atoms with Crippen LogP contribution < -0.4 is 9.80 Å². The Morgan fingerprint density at radius 3 is 2.39 bits per heavy atom. The molecule has 1 aromatic heterocycles. The summed E-state index contributed by atoms with van der Waals surface area (Å²) >= 11 is 0. The number of nitrogens with zero attached hydrogens (tertiary/aromatic N) is 4. The molecule has 1 fully saturated rings. The fraction of sp³-hybridized carbons (Fsp3) is 0.312. The third-order valence-corrected chi connectivity index (χ3v) is 3.84. The molecule has 6 nitrogen and oxygen atoms in total. The van der Waals surface area contributed by atoms with Crippen molar-refractivity contribution < 1.29 is 13.9 Å². The maximum Gasteiger partial charge on any atom is 0.340 e. The average Bonchev–Trinajstić information content (AvgIpc) is 2.62. The molecule has 0 amide bonds. The molecule has 0 spiro atoms. The van der Waals surface area contributed by atoms with Crippen LogP contribution in [0.4, 0.5) is 16.0 Å². The highest BCUT2D eigenvalue weighted by Gasteiger charge is 2.20. The highest BCUT2D eigenvalue weighted by atomic mass is 19.1. The molecule has 2 aromatic rings. The van der Waals surface area contributed by atoms with Gasteiger partial charge < -0.3 is 14.5 Å². The second-order valence-corrected chi connectivity index (χ2v) is 5.18. The van der Waals surface area contributed by atoms with E-state index in [1.54, 1.807) is 24.5 Å². The van der Waals surface area contributed by atoms with Crippen molar-refractivity contribution in [1.82, 2.24) is 9.97 Å². The second-order valence-electron chi connectivity index (χ2n) is 5.18. The highest BCUT2D eigenvalue weighted by molar-refractivity contribution is 5.90. The zero-order valence-electron chi connectivity index (χ0n) is 12.8. The molecule has 0 aliphatic carbocycles. The van der Waals surface area contributed by atoms with E-state index in [1.807, 2.05) is 0 Å². The van der Waals surface area contributed by atoms with Crippen LogP contribution in [0.15, 0.2) is 36.7 Å². The van der Waals surface area contributed by atoms with Gasteiger partial charge in [0.1, 0.15) is 5.82 Å². The van der Waals surface area contributed by atoms with Crippen molar-refractivity contribution in [1.29, 1.82) is 0 Å². The van der Waals surface area contributed by atoms with Crippen LogP contribution in [-0.4, -0.2) is 49.2 Å². The van der Waals surface area contributed by atoms with Crippen molar-refractivity contribution in [3.63, 3.8) is 0 Å². The quantitative estimate of drug-likeness (QED) is 0.804. The van der Waals surface area contributed by atoms with E-state index < -0.39 is 11.8 Å². The number of hydrogen-bond acceptors (Lipinski definition) is 6. The van der Waals surface area contributed by atoms with E-state index in [1.165, 1.54) is 19.2 Å². The molecule has 3 rings (SSSR count). The van der Waals surface area contributed by atoms with Gasteiger partial charge >= 0.3 is 5.97 Å². The van der Waals surface area contributed by atoms with Gasteiger partial charge in [-0.3, -0.25) is 0 Å². The number of piperazine rings is 1. The molecule has 1 aliphatic heterocycles. The van der Waals surface area contributed by atoms with Gasteiger partial charge in [0.15, 0.2) is 0 Å². The van der Waals surface area contributed by atoms with Crippen molar-refractivity contribution in [2.75, 3.05) is 43.1 Å². The van der Waals surface area contributed by atoms with Crippen molar-refractivity contribution in [3.8, 4) is 0 Å². The summed E-state index contributed by atoms with van der Waals surface area (Å²) in [5.74, 6) is -0.525. The number of carbonyl (C=O) groups excluding carboxylic acids is 1. The Hall–Kier alpha value is -2.70. The summed E-state index contributed by atoms with van der Waals surface area (Å²) < 4.78 is 18.6. The molecule has 0 N–H and O–H groups in total. The number of halogens is 1. The number of aromatic nitrogens is 2. The van der Waals surface area contributed by atoms with Gasteiger partial charge in [-0.1, -0.05) is 0 Å². The first kappa shape index (κ1) is 15.2. The van der Waals surface area contributed by atoms with E-state index in [0.29, 0.717) is 5.95 Å². The first-order valence-corrected chi connectivity index (χ1v) is 7.34. The topological polar surface area (TPSA) is 58.6 Å². The van der Waals surface area contributed by atoms with Gasteiger partial charge in [-0.15, -0.1) is 0 Å². The van der Waals surface area contributed by atoms with Crippen molar-refractivity contribution >= 4 is 17.6 Å². The summed E-state index contributed by atoms with van der Waals surface area (Å²) in [5.41, 5.74) is 0.705. The van der Waals surface area contributed by atoms with Crippen LogP contribution in [0.25, 0.3) is 0 Å². The van der Waals surface area contributed by atoms with Gasteiger partial charge in [0.05, 0.1) is 12.7 Å². The number of ether oxygens (including phenoxy) is 1. The molecular formula is C16H17FN4O2. The van der Waals surface area contributed by atoms with E-state index in [0.717, 1.165) is 31.9 Å². The summed E-state index contributed by atoms with van der Waals surface area (Å²) in [6.07, 6.45) is 3.44. The van der Waals surface area contributed by atoms with Gasteiger partial charge in [0.2, 0.25) is 5.95 Å². The molecule has 0 saturated carbocycles. The lowest BCUT2D eigenvalue weighted by molar-refractivity contribution is 0.0595. The first-order valence-electron chi connectivity index (χ1n) is 7.34. The first-order chi connectivity index (χ1) is 11.2. The summed E-state index contributed by atoms with van der Waals surface area (Å²) in [6, 6.07) is 6.36. The lowest BCUT2D eigenvalue weighted by Crippen LogP contribution is -2.47. The number of anilines is 2. The van der Waals surface area contributed by atoms with E-state index >= 15 is 0 Å². The normalized spacial score (nSPS) is 14.7. The van der Waals surface area contributed by atoms with Crippen LogP contribution in [0.1, 0.15) is 10.4 Å². The van der Waals surface area contributed by atoms with Crippen LogP contribution in [0.5, 0.6) is 0 Å². The maximum atomic E-state index is 14.0. The number of esters is 1. The molecule has 0 atom stereocenters. The Morgan fingerprint density at radius 2 is 1.78 bits per heavy atom. The van der Waals surface area contributed by atoms with Crippen LogP contribution in [0.3, 0.4) is 0 Å². The zero-order chi connectivity index (χ0) is 16.2. The molecule has 7 heteroatoms. The molecule has 1 saturated heterocycles. The number of benzene rings is 1. The Bertz CT molecular complexity index is 688. The summed E-state index contributed by atoms with van der Waals surface area (Å²) in [6.45, 7) is 2.97. The number of hydrogen-bond donors (Lipinski definition) is 0. The number of methoxy groups -OCH3 is 1. The standard InChI is InChI=1S/C16H17FN4O2/c1-23-15(22)13-4-3-12(11-14(13)17)20-7-9-21(10-8-20)16-18-5-2-6-19-16/h2-6,11H,7-10H2,1H3. The summed E-state index contributed by atoms with van der Waals surface area (Å²) in [5, 5.41) is 0. The van der Waals surface area contributed by atoms with E-state index in [4.69, 9.17) is 0 Å². The third kappa shape index (κ3) is 3.23. The summed E-state index contributed by atoms with van der Waals surface area (Å²) in [7, 11) is 1.24. The molecular weight excluding hydrogens is 299 g/mol. The number of carbonyl (C=O) groups is 1. The Labute approximate surface area is 133 Å². The molecule has 1 aromatic carbocycles. The maximum absolute atomic E-state index is 14.0. The van der Waals surface area contributed by atoms with Gasteiger partial charge in [-0.05, 0) is 24.3 Å². The highest BCUT2D eigenvalue weighted by Crippen LogP contribution is 2.21. The molecule has 0 unspecified atom stereocenters. The van der Waals surface area contributed by atoms with Crippen LogP contribution in [-0.2, 0) is 4.74 Å². The van der Waals surface area contributed by atoms with E-state index in [9.17, 15) is 9.18 Å². The average molecular weight is 316 g/mol. The molecule has 1 aliphatic rings. The minimum Gasteiger partial charge on any atom is -0.465 e. The van der Waals surface area contributed by atoms with Gasteiger partial charge in [0, 0.05) is 44.3 Å². The third-order valence-electron chi connectivity index (χ3n) is 3.84. The van der Waals surface area contributed by atoms with Crippen molar-refractivity contribution in [3.05, 3.63) is 48.0 Å². The second kappa shape index (κ2) is 6.60. The van der Waals surface area contributed by atoms with Gasteiger partial charge in [-0.25, -0.2) is 19.2 Å². The number of rotatable bonds is 3.